The van der Waals surface area contributed by atoms with Gasteiger partial charge in [-0.3, -0.25) is 4.79 Å². The SMILES string of the molecule is COc1ccc(C(=O)NC(C(=O)O)C2CC2)cc1S(=O)(=O)NC(C)C. The van der Waals surface area contributed by atoms with Gasteiger partial charge in [-0.05, 0) is 50.8 Å². The van der Waals surface area contributed by atoms with Gasteiger partial charge in [0.25, 0.3) is 5.91 Å². The van der Waals surface area contributed by atoms with E-state index in [1.807, 2.05) is 0 Å². The second kappa shape index (κ2) is 7.40. The maximum Gasteiger partial charge on any atom is 0.326 e. The van der Waals surface area contributed by atoms with Crippen LogP contribution in [0.2, 0.25) is 0 Å². The molecular weight excluding hydrogens is 348 g/mol. The molecule has 1 aliphatic rings. The van der Waals surface area contributed by atoms with E-state index in [2.05, 4.69) is 10.0 Å². The highest BCUT2D eigenvalue weighted by molar-refractivity contribution is 7.89. The number of nitrogens with one attached hydrogen (secondary N) is 2. The normalized spacial score (nSPS) is 15.7. The van der Waals surface area contributed by atoms with Crippen molar-refractivity contribution in [3.8, 4) is 5.75 Å². The lowest BCUT2D eigenvalue weighted by atomic mass is 10.1. The van der Waals surface area contributed by atoms with Crippen molar-refractivity contribution >= 4 is 21.9 Å². The van der Waals surface area contributed by atoms with E-state index in [4.69, 9.17) is 4.74 Å². The first-order valence-electron chi connectivity index (χ1n) is 7.89. The molecule has 9 heteroatoms. The quantitative estimate of drug-likeness (QED) is 0.627. The van der Waals surface area contributed by atoms with Crippen molar-refractivity contribution in [2.75, 3.05) is 7.11 Å². The van der Waals surface area contributed by atoms with Crippen LogP contribution in [0.15, 0.2) is 23.1 Å². The van der Waals surface area contributed by atoms with Gasteiger partial charge in [-0.1, -0.05) is 0 Å². The molecule has 1 aromatic carbocycles. The van der Waals surface area contributed by atoms with Gasteiger partial charge in [0, 0.05) is 11.6 Å². The lowest BCUT2D eigenvalue weighted by Crippen LogP contribution is -2.42. The Bertz CT molecular complexity index is 771. The molecular formula is C16H22N2O6S. The molecule has 0 saturated heterocycles. The molecule has 0 radical (unpaired) electrons. The summed E-state index contributed by atoms with van der Waals surface area (Å²) in [5.41, 5.74) is 0.0526. The van der Waals surface area contributed by atoms with E-state index in [0.29, 0.717) is 0 Å². The minimum atomic E-state index is -3.88. The summed E-state index contributed by atoms with van der Waals surface area (Å²) in [6, 6.07) is 2.65. The van der Waals surface area contributed by atoms with Crippen molar-refractivity contribution in [3.05, 3.63) is 23.8 Å². The molecule has 0 heterocycles. The fraction of sp³-hybridized carbons (Fsp3) is 0.500. The largest absolute Gasteiger partial charge is 0.495 e. The van der Waals surface area contributed by atoms with E-state index in [1.165, 1.54) is 25.3 Å². The minimum Gasteiger partial charge on any atom is -0.495 e. The number of methoxy groups -OCH3 is 1. The van der Waals surface area contributed by atoms with Gasteiger partial charge in [-0.2, -0.15) is 0 Å². The first-order valence-corrected chi connectivity index (χ1v) is 9.38. The van der Waals surface area contributed by atoms with Crippen LogP contribution in [0.3, 0.4) is 0 Å². The summed E-state index contributed by atoms with van der Waals surface area (Å²) in [5.74, 6) is -1.71. The van der Waals surface area contributed by atoms with Gasteiger partial charge >= 0.3 is 5.97 Å². The topological polar surface area (TPSA) is 122 Å². The number of benzene rings is 1. The van der Waals surface area contributed by atoms with Crippen molar-refractivity contribution < 1.29 is 27.9 Å². The Hall–Kier alpha value is -2.13. The third-order valence-corrected chi connectivity index (χ3v) is 5.43. The average Bonchev–Trinajstić information content (AvgIpc) is 3.34. The van der Waals surface area contributed by atoms with Gasteiger partial charge in [0.2, 0.25) is 10.0 Å². The number of carbonyl (C=O) groups excluding carboxylic acids is 1. The Morgan fingerprint density at radius 2 is 1.92 bits per heavy atom. The summed E-state index contributed by atoms with van der Waals surface area (Å²) in [6.07, 6.45) is 1.50. The Kier molecular flexibility index (Phi) is 5.69. The van der Waals surface area contributed by atoms with E-state index in [9.17, 15) is 23.1 Å². The van der Waals surface area contributed by atoms with Crippen molar-refractivity contribution in [2.45, 2.75) is 43.7 Å². The van der Waals surface area contributed by atoms with Gasteiger partial charge in [-0.25, -0.2) is 17.9 Å². The highest BCUT2D eigenvalue weighted by Crippen LogP contribution is 2.33. The number of sulfonamides is 1. The van der Waals surface area contributed by atoms with Crippen LogP contribution in [0.5, 0.6) is 5.75 Å². The van der Waals surface area contributed by atoms with E-state index < -0.39 is 27.9 Å². The standard InChI is InChI=1S/C16H22N2O6S/c1-9(2)18-25(22,23)13-8-11(6-7-12(13)24-3)15(19)17-14(16(20)21)10-4-5-10/h6-10,14,18H,4-5H2,1-3H3,(H,17,19)(H,20,21). The van der Waals surface area contributed by atoms with Crippen LogP contribution in [0.25, 0.3) is 0 Å². The number of carbonyl (C=O) groups is 2. The molecule has 1 fully saturated rings. The molecule has 2 rings (SSSR count). The molecule has 0 aromatic heterocycles. The number of hydrogen-bond donors (Lipinski definition) is 3. The van der Waals surface area contributed by atoms with Gasteiger partial charge in [0.05, 0.1) is 7.11 Å². The zero-order valence-electron chi connectivity index (χ0n) is 14.3. The predicted molar refractivity (Wildman–Crippen MR) is 90.1 cm³/mol. The van der Waals surface area contributed by atoms with E-state index >= 15 is 0 Å². The third-order valence-electron chi connectivity index (χ3n) is 3.75. The molecule has 0 spiro atoms. The zero-order valence-corrected chi connectivity index (χ0v) is 15.1. The monoisotopic (exact) mass is 370 g/mol. The fourth-order valence-corrected chi connectivity index (χ4v) is 3.88. The van der Waals surface area contributed by atoms with Crippen molar-refractivity contribution in [1.82, 2.24) is 10.0 Å². The van der Waals surface area contributed by atoms with Gasteiger partial charge in [0.15, 0.2) is 0 Å². The van der Waals surface area contributed by atoms with Gasteiger partial charge < -0.3 is 15.2 Å². The fourth-order valence-electron chi connectivity index (χ4n) is 2.44. The van der Waals surface area contributed by atoms with Crippen LogP contribution >= 0.6 is 0 Å². The predicted octanol–water partition coefficient (Wildman–Crippen LogP) is 0.975. The van der Waals surface area contributed by atoms with Crippen LogP contribution in [0, 0.1) is 5.92 Å². The molecule has 8 nitrogen and oxygen atoms in total. The Labute approximate surface area is 146 Å². The van der Waals surface area contributed by atoms with Crippen molar-refractivity contribution in [1.29, 1.82) is 0 Å². The first-order chi connectivity index (χ1) is 11.7. The van der Waals surface area contributed by atoms with Crippen LogP contribution < -0.4 is 14.8 Å². The highest BCUT2D eigenvalue weighted by atomic mass is 32.2. The van der Waals surface area contributed by atoms with Gasteiger partial charge in [0.1, 0.15) is 16.7 Å². The summed E-state index contributed by atoms with van der Waals surface area (Å²) in [6.45, 7) is 3.35. The number of carboxylic acid groups (broad SMARTS) is 1. The molecule has 0 aliphatic heterocycles. The van der Waals surface area contributed by atoms with E-state index in [1.54, 1.807) is 13.8 Å². The van der Waals surface area contributed by atoms with E-state index in [0.717, 1.165) is 12.8 Å². The molecule has 1 aliphatic carbocycles. The summed E-state index contributed by atoms with van der Waals surface area (Å²) in [7, 11) is -2.55. The maximum absolute atomic E-state index is 12.4. The number of ether oxygens (including phenoxy) is 1. The molecule has 1 atom stereocenters. The average molecular weight is 370 g/mol. The number of rotatable bonds is 8. The lowest BCUT2D eigenvalue weighted by molar-refractivity contribution is -0.139. The summed E-state index contributed by atoms with van der Waals surface area (Å²) in [4.78, 5) is 23.4. The molecule has 1 amide bonds. The van der Waals surface area contributed by atoms with Crippen molar-refractivity contribution in [2.24, 2.45) is 5.92 Å². The van der Waals surface area contributed by atoms with Crippen LogP contribution in [0.4, 0.5) is 0 Å². The van der Waals surface area contributed by atoms with Crippen LogP contribution in [0.1, 0.15) is 37.0 Å². The molecule has 1 saturated carbocycles. The van der Waals surface area contributed by atoms with Crippen LogP contribution in [-0.2, 0) is 14.8 Å². The summed E-state index contributed by atoms with van der Waals surface area (Å²) in [5, 5.41) is 11.7. The Morgan fingerprint density at radius 3 is 2.40 bits per heavy atom. The second-order valence-electron chi connectivity index (χ2n) is 6.27. The molecule has 138 valence electrons. The Balaban J connectivity index is 2.31. The van der Waals surface area contributed by atoms with Crippen molar-refractivity contribution in [3.63, 3.8) is 0 Å². The summed E-state index contributed by atoms with van der Waals surface area (Å²) >= 11 is 0. The number of amides is 1. The third kappa shape index (κ3) is 4.70. The molecule has 1 aromatic rings. The molecule has 0 bridgehead atoms. The number of aliphatic carboxylic acids is 1. The summed E-state index contributed by atoms with van der Waals surface area (Å²) < 4.78 is 32.4. The molecule has 1 unspecified atom stereocenters. The van der Waals surface area contributed by atoms with Gasteiger partial charge in [-0.15, -0.1) is 0 Å². The zero-order chi connectivity index (χ0) is 18.8. The number of carboxylic acids is 1. The molecule has 25 heavy (non-hydrogen) atoms. The second-order valence-corrected chi connectivity index (χ2v) is 7.95. The minimum absolute atomic E-state index is 0.0526. The van der Waals surface area contributed by atoms with E-state index in [-0.39, 0.29) is 28.2 Å². The lowest BCUT2D eigenvalue weighted by Gasteiger charge is -2.16. The number of hydrogen-bond acceptors (Lipinski definition) is 5. The smallest absolute Gasteiger partial charge is 0.326 e. The van der Waals surface area contributed by atoms with Crippen LogP contribution in [-0.4, -0.2) is 44.6 Å². The first kappa shape index (κ1) is 19.2. The Morgan fingerprint density at radius 1 is 1.28 bits per heavy atom. The highest BCUT2D eigenvalue weighted by Gasteiger charge is 2.37. The molecule has 3 N–H and O–H groups in total. The maximum atomic E-state index is 12.4.